The van der Waals surface area contributed by atoms with Gasteiger partial charge in [0.15, 0.2) is 5.70 Å². The Bertz CT molecular complexity index is 1760. The van der Waals surface area contributed by atoms with Crippen LogP contribution >= 0.6 is 22.6 Å². The van der Waals surface area contributed by atoms with Gasteiger partial charge in [-0.3, -0.25) is 9.35 Å². The van der Waals surface area contributed by atoms with E-state index < -0.39 is 40.8 Å². The largest absolute Gasteiger partial charge is 0.737 e. The lowest BCUT2D eigenvalue weighted by molar-refractivity contribution is -0.870. The van der Waals surface area contributed by atoms with Crippen molar-refractivity contribution in [2.75, 3.05) is 64.6 Å². The second kappa shape index (κ2) is 16.0. The molecule has 0 saturated carbocycles. The smallest absolute Gasteiger partial charge is 0.463 e. The fraction of sp³-hybridized carbons (Fsp3) is 0.485. The Morgan fingerprint density at radius 3 is 2.47 bits per heavy atom. The highest BCUT2D eigenvalue weighted by atomic mass is 127. The maximum atomic E-state index is 16.9. The first-order valence-electron chi connectivity index (χ1n) is 16.2. The normalized spacial score (nSPS) is 16.2. The van der Waals surface area contributed by atoms with Crippen molar-refractivity contribution in [2.24, 2.45) is 0 Å². The molecule has 1 atom stereocenters. The van der Waals surface area contributed by atoms with E-state index >= 15 is 8.63 Å². The third-order valence-corrected chi connectivity index (χ3v) is 9.78. The molecule has 11 nitrogen and oxygen atoms in total. The number of fused-ring (bicyclic) bond motifs is 2. The Morgan fingerprint density at radius 1 is 1.14 bits per heavy atom. The van der Waals surface area contributed by atoms with E-state index in [1.165, 1.54) is 0 Å². The van der Waals surface area contributed by atoms with Crippen molar-refractivity contribution in [3.63, 3.8) is 0 Å². The van der Waals surface area contributed by atoms with E-state index in [0.717, 1.165) is 42.9 Å². The number of allylic oxidation sites excluding steroid dienone is 2. The second-order valence-corrected chi connectivity index (χ2v) is 16.2. The Kier molecular flexibility index (Phi) is 12.7. The zero-order valence-electron chi connectivity index (χ0n) is 28.7. The van der Waals surface area contributed by atoms with Crippen molar-refractivity contribution in [1.29, 1.82) is 0 Å². The molecule has 1 unspecified atom stereocenters. The van der Waals surface area contributed by atoms with Gasteiger partial charge in [-0.2, -0.15) is 8.42 Å². The molecule has 16 heteroatoms. The molecule has 1 aromatic heterocycles. The lowest BCUT2D eigenvalue weighted by Crippen LogP contribution is -2.51. The van der Waals surface area contributed by atoms with Gasteiger partial charge in [0.1, 0.15) is 24.1 Å². The van der Waals surface area contributed by atoms with Crippen LogP contribution in [0.15, 0.2) is 53.7 Å². The predicted octanol–water partition coefficient (Wildman–Crippen LogP) is 3.85. The topological polar surface area (TPSA) is 121 Å². The number of likely N-dealkylation sites (N-methyl/N-ethyl adjacent to an activating group) is 1. The first-order valence-corrected chi connectivity index (χ1v) is 19.4. The van der Waals surface area contributed by atoms with Crippen LogP contribution in [-0.2, 0) is 30.9 Å². The SMILES string of the molecule is CC1=CC(CCC(=O)NC(CS(=O)(=O)O)C(=O)OCCN(C)CCI)=[N+]2C1=Cc1c(CCC[N+](C)(C)C)cc(-c3ccccc3)n1[B-]2(F)F. The van der Waals surface area contributed by atoms with Gasteiger partial charge in [-0.1, -0.05) is 52.9 Å². The Hall–Kier alpha value is -2.93. The van der Waals surface area contributed by atoms with Crippen LogP contribution in [0.4, 0.5) is 8.63 Å². The highest BCUT2D eigenvalue weighted by Gasteiger charge is 2.54. The number of esters is 1. The summed E-state index contributed by atoms with van der Waals surface area (Å²) in [5.41, 5.74) is 3.59. The number of rotatable bonds is 17. The number of hydrogen-bond acceptors (Lipinski definition) is 6. The molecule has 4 rings (SSSR count). The number of hydrogen-bond donors (Lipinski definition) is 2. The third kappa shape index (κ3) is 10.1. The summed E-state index contributed by atoms with van der Waals surface area (Å²) in [6, 6.07) is 9.28. The molecule has 0 spiro atoms. The van der Waals surface area contributed by atoms with E-state index in [4.69, 9.17) is 4.74 Å². The summed E-state index contributed by atoms with van der Waals surface area (Å²) in [7, 11) is 3.47. The van der Waals surface area contributed by atoms with Crippen molar-refractivity contribution in [3.8, 4) is 11.3 Å². The average Bonchev–Trinajstić information content (AvgIpc) is 3.53. The molecular weight excluding hydrogens is 770 g/mol. The molecule has 3 heterocycles. The molecule has 49 heavy (non-hydrogen) atoms. The van der Waals surface area contributed by atoms with Gasteiger partial charge in [-0.05, 0) is 37.6 Å². The maximum Gasteiger partial charge on any atom is 0.737 e. The van der Waals surface area contributed by atoms with Gasteiger partial charge in [0.05, 0.1) is 27.7 Å². The zero-order chi connectivity index (χ0) is 36.1. The summed E-state index contributed by atoms with van der Waals surface area (Å²) in [5.74, 6) is -2.84. The Labute approximate surface area is 301 Å². The van der Waals surface area contributed by atoms with Gasteiger partial charge in [0.25, 0.3) is 10.1 Å². The summed E-state index contributed by atoms with van der Waals surface area (Å²) in [5, 5.41) is 2.32. The number of benzene rings is 1. The number of carbonyl (C=O) groups is 2. The summed E-state index contributed by atoms with van der Waals surface area (Å²) in [4.78, 5) is 27.6. The molecule has 268 valence electrons. The average molecular weight is 817 g/mol. The number of amides is 1. The highest BCUT2D eigenvalue weighted by Crippen LogP contribution is 2.40. The number of carbonyl (C=O) groups excluding carboxylic acids is 2. The molecule has 1 aromatic carbocycles. The number of ether oxygens (including phenoxy) is 1. The maximum absolute atomic E-state index is 16.9. The van der Waals surface area contributed by atoms with Gasteiger partial charge in [0.2, 0.25) is 5.91 Å². The van der Waals surface area contributed by atoms with Crippen LogP contribution in [0.5, 0.6) is 0 Å². The van der Waals surface area contributed by atoms with Crippen LogP contribution < -0.4 is 5.32 Å². The molecular formula is C33H46BF2IN5O6S+. The van der Waals surface area contributed by atoms with Crippen molar-refractivity contribution in [1.82, 2.24) is 14.7 Å². The van der Waals surface area contributed by atoms with Crippen LogP contribution in [0.1, 0.15) is 37.4 Å². The quantitative estimate of drug-likeness (QED) is 0.0622. The number of quaternary nitrogens is 1. The van der Waals surface area contributed by atoms with Crippen molar-refractivity contribution < 1.29 is 44.9 Å². The number of halogens is 3. The lowest BCUT2D eigenvalue weighted by Gasteiger charge is -2.31. The fourth-order valence-electron chi connectivity index (χ4n) is 6.14. The van der Waals surface area contributed by atoms with Gasteiger partial charge in [-0.25, -0.2) is 4.79 Å². The molecule has 0 bridgehead atoms. The van der Waals surface area contributed by atoms with Crippen molar-refractivity contribution >= 4 is 63.3 Å². The number of aromatic nitrogens is 1. The molecule has 0 fully saturated rings. The first-order chi connectivity index (χ1) is 22.9. The van der Waals surface area contributed by atoms with E-state index in [1.54, 1.807) is 19.1 Å². The molecule has 2 aliphatic rings. The zero-order valence-corrected chi connectivity index (χ0v) is 31.6. The molecule has 2 aliphatic heterocycles. The first kappa shape index (κ1) is 38.9. The minimum atomic E-state index is -4.66. The number of alkyl halides is 1. The van der Waals surface area contributed by atoms with E-state index in [2.05, 4.69) is 49.1 Å². The predicted molar refractivity (Wildman–Crippen MR) is 196 cm³/mol. The summed E-state index contributed by atoms with van der Waals surface area (Å²) in [6.45, 7) is -0.660. The standard InChI is InChI=1S/C33H45BF2IN5O6S/c1-24-20-27(13-14-32(43)38-28(23-49(45,46)47)33(44)48-19-17-39(2)16-15-37)40-29(24)22-31-26(12-9-18-42(3,4)5)21-30(41(31)34(40,35)36)25-10-7-6-8-11-25/h6-8,10-11,20-22,28H,9,12-19,23H2,1-5H3,(H-,38,43,45,46,47)/p+1. The minimum Gasteiger partial charge on any atom is -0.463 e. The van der Waals surface area contributed by atoms with Gasteiger partial charge >= 0.3 is 12.9 Å². The molecule has 2 N–H and O–H groups in total. The van der Waals surface area contributed by atoms with Gasteiger partial charge in [-0.15, -0.1) is 0 Å². The Morgan fingerprint density at radius 2 is 1.84 bits per heavy atom. The van der Waals surface area contributed by atoms with Crippen LogP contribution in [-0.4, -0.2) is 127 Å². The van der Waals surface area contributed by atoms with Crippen LogP contribution in [0.25, 0.3) is 17.3 Å². The summed E-state index contributed by atoms with van der Waals surface area (Å²) in [6.07, 6.45) is 4.46. The monoisotopic (exact) mass is 816 g/mol. The molecule has 1 amide bonds. The number of nitrogens with one attached hydrogen (secondary N) is 1. The van der Waals surface area contributed by atoms with Crippen molar-refractivity contribution in [3.05, 3.63) is 65.0 Å². The molecule has 0 radical (unpaired) electrons. The van der Waals surface area contributed by atoms with E-state index in [1.807, 2.05) is 48.3 Å². The number of aryl methyl sites for hydroxylation is 1. The van der Waals surface area contributed by atoms with E-state index in [9.17, 15) is 22.6 Å². The van der Waals surface area contributed by atoms with Crippen LogP contribution in [0.2, 0.25) is 0 Å². The minimum absolute atomic E-state index is 0.0447. The van der Waals surface area contributed by atoms with Gasteiger partial charge in [0, 0.05) is 65.9 Å². The Balaban J connectivity index is 1.58. The third-order valence-electron chi connectivity index (χ3n) is 8.54. The van der Waals surface area contributed by atoms with Crippen LogP contribution in [0.3, 0.4) is 0 Å². The lowest BCUT2D eigenvalue weighted by atomic mass is 9.88. The van der Waals surface area contributed by atoms with E-state index in [-0.39, 0.29) is 25.2 Å². The number of nitrogens with zero attached hydrogens (tertiary/aromatic N) is 4. The van der Waals surface area contributed by atoms with E-state index in [0.29, 0.717) is 41.2 Å². The molecule has 0 saturated heterocycles. The second-order valence-electron chi connectivity index (χ2n) is 13.6. The highest BCUT2D eigenvalue weighted by molar-refractivity contribution is 14.1. The fourth-order valence-corrected chi connectivity index (χ4v) is 7.60. The molecule has 0 aliphatic carbocycles. The van der Waals surface area contributed by atoms with Crippen LogP contribution in [0, 0.1) is 0 Å². The molecule has 2 aromatic rings. The summed E-state index contributed by atoms with van der Waals surface area (Å²) < 4.78 is 75.4. The van der Waals surface area contributed by atoms with Gasteiger partial charge < -0.3 is 37.0 Å². The summed E-state index contributed by atoms with van der Waals surface area (Å²) >= 11 is 2.21. The van der Waals surface area contributed by atoms with Crippen molar-refractivity contribution in [2.45, 2.75) is 38.6 Å².